The van der Waals surface area contributed by atoms with Gasteiger partial charge in [0, 0.05) is 0 Å². The van der Waals surface area contributed by atoms with Crippen LogP contribution in [0.5, 0.6) is 11.5 Å². The van der Waals surface area contributed by atoms with Gasteiger partial charge in [-0.15, -0.1) is 0 Å². The monoisotopic (exact) mass is 1420 g/mol. The fraction of sp³-hybridized carbons (Fsp3) is 0.481. The molecule has 0 aliphatic rings. The van der Waals surface area contributed by atoms with E-state index in [0.717, 1.165) is 37.2 Å². The molecule has 0 aliphatic heterocycles. The van der Waals surface area contributed by atoms with E-state index in [1.165, 1.54) is 368 Å². The minimum atomic E-state index is 0.865. The second-order valence-electron chi connectivity index (χ2n) is 31.4. The maximum absolute atomic E-state index is 5.67. The van der Waals surface area contributed by atoms with Crippen LogP contribution in [0.1, 0.15) is 307 Å². The van der Waals surface area contributed by atoms with E-state index in [1.54, 1.807) is 14.2 Å². The van der Waals surface area contributed by atoms with E-state index in [0.29, 0.717) is 0 Å². The summed E-state index contributed by atoms with van der Waals surface area (Å²) in [6.45, 7) is 9.27. The summed E-state index contributed by atoms with van der Waals surface area (Å²) in [4.78, 5) is 0. The first-order valence-corrected chi connectivity index (χ1v) is 43.5. The van der Waals surface area contributed by atoms with E-state index in [-0.39, 0.29) is 0 Å². The predicted molar refractivity (Wildman–Crippen MR) is 465 cm³/mol. The molecule has 2 heteroatoms. The fourth-order valence-corrected chi connectivity index (χ4v) is 16.3. The van der Waals surface area contributed by atoms with E-state index in [2.05, 4.69) is 222 Å². The van der Waals surface area contributed by atoms with Gasteiger partial charge in [0.25, 0.3) is 0 Å². The van der Waals surface area contributed by atoms with Crippen molar-refractivity contribution in [3.8, 4) is 101 Å². The molecule has 9 rings (SSSR count). The van der Waals surface area contributed by atoms with Crippen molar-refractivity contribution in [2.45, 2.75) is 310 Å². The summed E-state index contributed by atoms with van der Waals surface area (Å²) in [7, 11) is 3.50. The summed E-state index contributed by atoms with van der Waals surface area (Å²) >= 11 is 0. The van der Waals surface area contributed by atoms with Gasteiger partial charge in [0.15, 0.2) is 0 Å². The standard InChI is InChI=1S/C104H138O2/c1-7-11-15-19-23-27-31-35-39-43-47-83-51-59-91(60-52-83)99-100(92-61-53-84(54-62-92)48-44-40-36-32-28-24-20-16-12-8-2)102(94-65-57-86(58-66-94)50-46-42-38-34-30-26-22-18-14-10-4)104(96-73-69-88(70-74-96)90-77-81-98(106-6)82-78-90)103(95-71-67-87(68-72-95)89-75-79-97(105-5)80-76-89)101(99)93-63-55-85(56-64-93)49-45-41-37-33-29-25-21-17-13-9-3/h51-82H,7-50H2,1-6H3. The lowest BCUT2D eigenvalue weighted by molar-refractivity contribution is 0.415. The number of benzene rings is 9. The van der Waals surface area contributed by atoms with Crippen LogP contribution in [-0.2, 0) is 25.7 Å². The molecule has 0 aliphatic carbocycles. The highest BCUT2D eigenvalue weighted by Crippen LogP contribution is 2.56. The number of hydrogen-bond donors (Lipinski definition) is 0. The van der Waals surface area contributed by atoms with Crippen molar-refractivity contribution in [2.75, 3.05) is 14.2 Å². The first-order valence-electron chi connectivity index (χ1n) is 43.5. The Morgan fingerprint density at radius 1 is 0.151 bits per heavy atom. The molecule has 0 heterocycles. The van der Waals surface area contributed by atoms with Crippen molar-refractivity contribution in [1.82, 2.24) is 0 Å². The van der Waals surface area contributed by atoms with Crippen molar-refractivity contribution < 1.29 is 9.47 Å². The molecule has 0 spiro atoms. The van der Waals surface area contributed by atoms with Gasteiger partial charge in [-0.2, -0.15) is 0 Å². The van der Waals surface area contributed by atoms with Crippen LogP contribution < -0.4 is 9.47 Å². The van der Waals surface area contributed by atoms with Crippen molar-refractivity contribution in [1.29, 1.82) is 0 Å². The first kappa shape index (κ1) is 82.6. The number of rotatable bonds is 54. The third-order valence-corrected chi connectivity index (χ3v) is 22.9. The summed E-state index contributed by atoms with van der Waals surface area (Å²) in [5.74, 6) is 1.73. The minimum absolute atomic E-state index is 0.865. The average molecular weight is 1420 g/mol. The van der Waals surface area contributed by atoms with Crippen LogP contribution in [0.4, 0.5) is 0 Å². The first-order chi connectivity index (χ1) is 52.4. The van der Waals surface area contributed by atoms with Crippen LogP contribution >= 0.6 is 0 Å². The van der Waals surface area contributed by atoms with Crippen molar-refractivity contribution in [3.63, 3.8) is 0 Å². The van der Waals surface area contributed by atoms with E-state index in [1.807, 2.05) is 0 Å². The van der Waals surface area contributed by atoms with Gasteiger partial charge in [0.1, 0.15) is 11.5 Å². The average Bonchev–Trinajstić information content (AvgIpc) is 0.715. The zero-order valence-electron chi connectivity index (χ0n) is 67.4. The SMILES string of the molecule is CCCCCCCCCCCCc1ccc(-c2c(-c3ccc(CCCCCCCCCCCC)cc3)c(-c3ccc(CCCCCCCCCCCC)cc3)c(-c3ccc(-c4ccc(OC)cc4)cc3)c(-c3ccc(-c4ccc(OC)cc4)cc3)c2-c2ccc(CCCCCCCCCCCC)cc2)cc1. The van der Waals surface area contributed by atoms with Gasteiger partial charge < -0.3 is 9.47 Å². The lowest BCUT2D eigenvalue weighted by Gasteiger charge is -2.29. The molecule has 9 aromatic carbocycles. The molecule has 106 heavy (non-hydrogen) atoms. The second kappa shape index (κ2) is 48.8. The van der Waals surface area contributed by atoms with E-state index >= 15 is 0 Å². The number of hydrogen-bond acceptors (Lipinski definition) is 2. The molecule has 566 valence electrons. The molecule has 0 saturated heterocycles. The lowest BCUT2D eigenvalue weighted by atomic mass is 9.73. The largest absolute Gasteiger partial charge is 0.497 e. The third-order valence-electron chi connectivity index (χ3n) is 22.9. The highest BCUT2D eigenvalue weighted by Gasteiger charge is 2.30. The molecule has 0 atom stereocenters. The van der Waals surface area contributed by atoms with Gasteiger partial charge in [-0.3, -0.25) is 0 Å². The van der Waals surface area contributed by atoms with Crippen molar-refractivity contribution >= 4 is 0 Å². The molecule has 0 fully saturated rings. The summed E-state index contributed by atoms with van der Waals surface area (Å²) < 4.78 is 11.3. The Morgan fingerprint density at radius 3 is 0.443 bits per heavy atom. The Labute approximate surface area is 646 Å². The molecule has 0 amide bonds. The Bertz CT molecular complexity index is 3520. The Hall–Kier alpha value is -7.42. The summed E-state index contributed by atoms with van der Waals surface area (Å²) in [6, 6.07) is 76.1. The molecule has 2 nitrogen and oxygen atoms in total. The smallest absolute Gasteiger partial charge is 0.118 e. The molecule has 0 bridgehead atoms. The summed E-state index contributed by atoms with van der Waals surface area (Å²) in [5.41, 5.74) is 25.5. The van der Waals surface area contributed by atoms with Crippen LogP contribution in [0.15, 0.2) is 194 Å². The normalized spacial score (nSPS) is 11.5. The van der Waals surface area contributed by atoms with E-state index < -0.39 is 0 Å². The molecule has 0 N–H and O–H groups in total. The zero-order chi connectivity index (χ0) is 73.9. The highest BCUT2D eigenvalue weighted by atomic mass is 16.5. The van der Waals surface area contributed by atoms with Crippen LogP contribution in [0.25, 0.3) is 89.0 Å². The fourth-order valence-electron chi connectivity index (χ4n) is 16.3. The molecule has 0 aromatic heterocycles. The zero-order valence-corrected chi connectivity index (χ0v) is 67.4. The maximum atomic E-state index is 5.67. The third kappa shape index (κ3) is 27.1. The lowest BCUT2D eigenvalue weighted by Crippen LogP contribution is -2.03. The van der Waals surface area contributed by atoms with Crippen LogP contribution in [0.2, 0.25) is 0 Å². The second-order valence-corrected chi connectivity index (χ2v) is 31.4. The van der Waals surface area contributed by atoms with Crippen LogP contribution in [0, 0.1) is 0 Å². The number of unbranched alkanes of at least 4 members (excludes halogenated alkanes) is 36. The topological polar surface area (TPSA) is 18.5 Å². The molecule has 9 aromatic rings. The summed E-state index contributed by atoms with van der Waals surface area (Å²) in [6.07, 6.45) is 58.2. The number of methoxy groups -OCH3 is 2. The van der Waals surface area contributed by atoms with Gasteiger partial charge >= 0.3 is 0 Å². The molecular formula is C104H138O2. The van der Waals surface area contributed by atoms with Crippen molar-refractivity contribution in [2.24, 2.45) is 0 Å². The quantitative estimate of drug-likeness (QED) is 0.0354. The molecule has 0 saturated carbocycles. The number of ether oxygens (including phenoxy) is 2. The van der Waals surface area contributed by atoms with Gasteiger partial charge in [0.05, 0.1) is 14.2 Å². The van der Waals surface area contributed by atoms with Gasteiger partial charge in [-0.1, -0.05) is 429 Å². The molecule has 0 radical (unpaired) electrons. The van der Waals surface area contributed by atoms with Gasteiger partial charge in [-0.05, 0) is 187 Å². The van der Waals surface area contributed by atoms with Crippen LogP contribution in [0.3, 0.4) is 0 Å². The van der Waals surface area contributed by atoms with Crippen LogP contribution in [-0.4, -0.2) is 14.2 Å². The van der Waals surface area contributed by atoms with Gasteiger partial charge in [0.2, 0.25) is 0 Å². The van der Waals surface area contributed by atoms with E-state index in [9.17, 15) is 0 Å². The Balaban J connectivity index is 1.22. The Morgan fingerprint density at radius 2 is 0.283 bits per heavy atom. The number of aryl methyl sites for hydroxylation is 4. The maximum Gasteiger partial charge on any atom is 0.118 e. The van der Waals surface area contributed by atoms with Crippen molar-refractivity contribution in [3.05, 3.63) is 216 Å². The summed E-state index contributed by atoms with van der Waals surface area (Å²) in [5, 5.41) is 0. The Kier molecular flexibility index (Phi) is 38.0. The predicted octanol–water partition coefficient (Wildman–Crippen LogP) is 32.9. The molecular weight excluding hydrogens is 1280 g/mol. The molecule has 0 unspecified atom stereocenters. The van der Waals surface area contributed by atoms with E-state index in [4.69, 9.17) is 9.47 Å². The van der Waals surface area contributed by atoms with Gasteiger partial charge in [-0.25, -0.2) is 0 Å². The highest BCUT2D eigenvalue weighted by molar-refractivity contribution is 6.15. The minimum Gasteiger partial charge on any atom is -0.497 e.